The highest BCUT2D eigenvalue weighted by Gasteiger charge is 2.22. The van der Waals surface area contributed by atoms with E-state index >= 15 is 0 Å². The first-order valence-corrected chi connectivity index (χ1v) is 6.04. The van der Waals surface area contributed by atoms with Gasteiger partial charge in [0.15, 0.2) is 0 Å². The van der Waals surface area contributed by atoms with Crippen molar-refractivity contribution in [2.24, 2.45) is 0 Å². The van der Waals surface area contributed by atoms with Crippen LogP contribution in [0.5, 0.6) is 0 Å². The molecule has 0 aliphatic carbocycles. The summed E-state index contributed by atoms with van der Waals surface area (Å²) in [6.07, 6.45) is -1.03. The van der Waals surface area contributed by atoms with E-state index in [0.717, 1.165) is 0 Å². The van der Waals surface area contributed by atoms with Crippen LogP contribution in [-0.2, 0) is 4.79 Å². The quantitative estimate of drug-likeness (QED) is 0.506. The average Bonchev–Trinajstić information content (AvgIpc) is 2.37. The third-order valence-electron chi connectivity index (χ3n) is 2.80. The maximum atomic E-state index is 10.8. The van der Waals surface area contributed by atoms with E-state index in [1.807, 2.05) is 0 Å². The number of rotatable bonds is 6. The fourth-order valence-corrected chi connectivity index (χ4v) is 1.66. The molecule has 2 unspecified atom stereocenters. The summed E-state index contributed by atoms with van der Waals surface area (Å²) in [4.78, 5) is 24.7. The summed E-state index contributed by atoms with van der Waals surface area (Å²) in [6, 6.07) is 1.19. The van der Waals surface area contributed by atoms with Crippen molar-refractivity contribution in [3.8, 4) is 0 Å². The third-order valence-corrected chi connectivity index (χ3v) is 2.80. The number of amides is 1. The number of nitrogens with one attached hydrogen (secondary N) is 1. The molecule has 0 fully saturated rings. The Morgan fingerprint density at radius 3 is 2.75 bits per heavy atom. The summed E-state index contributed by atoms with van der Waals surface area (Å²) in [5.41, 5.74) is 0.187. The molecule has 0 saturated carbocycles. The Morgan fingerprint density at radius 1 is 1.55 bits per heavy atom. The molecule has 3 N–H and O–H groups in total. The second kappa shape index (κ2) is 6.92. The Kier molecular flexibility index (Phi) is 5.53. The van der Waals surface area contributed by atoms with Crippen molar-refractivity contribution in [2.45, 2.75) is 32.5 Å². The van der Waals surface area contributed by atoms with Crippen LogP contribution in [0.4, 0.5) is 5.69 Å². The first-order valence-electron chi connectivity index (χ1n) is 6.04. The number of pyridine rings is 1. The summed E-state index contributed by atoms with van der Waals surface area (Å²) in [7, 11) is 0. The van der Waals surface area contributed by atoms with Gasteiger partial charge in [0, 0.05) is 31.3 Å². The zero-order valence-electron chi connectivity index (χ0n) is 11.2. The molecular formula is C12H17N3O5. The van der Waals surface area contributed by atoms with E-state index in [4.69, 9.17) is 0 Å². The lowest BCUT2D eigenvalue weighted by Crippen LogP contribution is -2.27. The van der Waals surface area contributed by atoms with E-state index < -0.39 is 17.1 Å². The standard InChI is InChI=1S/C12H17N3O5/c1-7-10(15(19)20)5-9(6-14-7)12(18)11(17)3-4-13-8(2)16/h5-6,11-12,17-18H,3-4H2,1-2H3,(H,13,16). The molecule has 110 valence electrons. The average molecular weight is 283 g/mol. The Balaban J connectivity index is 2.76. The topological polar surface area (TPSA) is 126 Å². The molecule has 20 heavy (non-hydrogen) atoms. The number of nitro groups is 1. The van der Waals surface area contributed by atoms with Gasteiger partial charge in [-0.15, -0.1) is 0 Å². The zero-order valence-corrected chi connectivity index (χ0v) is 11.2. The van der Waals surface area contributed by atoms with Crippen LogP contribution in [0.3, 0.4) is 0 Å². The second-order valence-electron chi connectivity index (χ2n) is 4.41. The van der Waals surface area contributed by atoms with Crippen molar-refractivity contribution >= 4 is 11.6 Å². The van der Waals surface area contributed by atoms with Crippen molar-refractivity contribution in [3.05, 3.63) is 33.6 Å². The van der Waals surface area contributed by atoms with Crippen molar-refractivity contribution < 1.29 is 19.9 Å². The first kappa shape index (κ1) is 16.0. The summed E-state index contributed by atoms with van der Waals surface area (Å²) in [6.45, 7) is 3.03. The zero-order chi connectivity index (χ0) is 15.3. The van der Waals surface area contributed by atoms with Gasteiger partial charge in [-0.1, -0.05) is 0 Å². The number of carbonyl (C=O) groups is 1. The van der Waals surface area contributed by atoms with Gasteiger partial charge in [-0.25, -0.2) is 0 Å². The lowest BCUT2D eigenvalue weighted by molar-refractivity contribution is -0.385. The molecule has 0 spiro atoms. The van der Waals surface area contributed by atoms with E-state index in [9.17, 15) is 25.1 Å². The predicted molar refractivity (Wildman–Crippen MR) is 69.9 cm³/mol. The lowest BCUT2D eigenvalue weighted by Gasteiger charge is -2.18. The molecule has 0 aliphatic heterocycles. The van der Waals surface area contributed by atoms with Gasteiger partial charge in [0.05, 0.1) is 11.0 Å². The number of carbonyl (C=O) groups excluding carboxylic acids is 1. The van der Waals surface area contributed by atoms with Gasteiger partial charge < -0.3 is 15.5 Å². The Labute approximate surface area is 115 Å². The number of aromatic nitrogens is 1. The maximum Gasteiger partial charge on any atom is 0.290 e. The molecule has 1 rings (SSSR count). The molecule has 1 amide bonds. The van der Waals surface area contributed by atoms with Crippen molar-refractivity contribution in [3.63, 3.8) is 0 Å². The number of aliphatic hydroxyl groups excluding tert-OH is 2. The molecule has 1 heterocycles. The highest BCUT2D eigenvalue weighted by atomic mass is 16.6. The largest absolute Gasteiger partial charge is 0.390 e. The van der Waals surface area contributed by atoms with Crippen LogP contribution >= 0.6 is 0 Å². The monoisotopic (exact) mass is 283 g/mol. The van der Waals surface area contributed by atoms with Crippen LogP contribution in [0, 0.1) is 17.0 Å². The van der Waals surface area contributed by atoms with Gasteiger partial charge in [0.2, 0.25) is 5.91 Å². The van der Waals surface area contributed by atoms with E-state index in [1.165, 1.54) is 26.1 Å². The molecule has 0 saturated heterocycles. The number of aryl methyl sites for hydroxylation is 1. The van der Waals surface area contributed by atoms with Gasteiger partial charge in [-0.05, 0) is 13.3 Å². The molecule has 8 heteroatoms. The number of hydrogen-bond donors (Lipinski definition) is 3. The highest BCUT2D eigenvalue weighted by molar-refractivity contribution is 5.72. The SMILES string of the molecule is CC(=O)NCCC(O)C(O)c1cnc(C)c([N+](=O)[O-])c1. The molecule has 0 aliphatic rings. The van der Waals surface area contributed by atoms with E-state index in [0.29, 0.717) is 0 Å². The van der Waals surface area contributed by atoms with Gasteiger partial charge in [-0.3, -0.25) is 19.9 Å². The second-order valence-corrected chi connectivity index (χ2v) is 4.41. The van der Waals surface area contributed by atoms with E-state index in [1.54, 1.807) is 0 Å². The summed E-state index contributed by atoms with van der Waals surface area (Å²) >= 11 is 0. The molecule has 2 atom stereocenters. The minimum Gasteiger partial charge on any atom is -0.390 e. The van der Waals surface area contributed by atoms with Crippen LogP contribution in [0.1, 0.15) is 30.7 Å². The Hall–Kier alpha value is -2.06. The highest BCUT2D eigenvalue weighted by Crippen LogP contribution is 2.24. The molecule has 1 aromatic rings. The van der Waals surface area contributed by atoms with Crippen LogP contribution in [0.15, 0.2) is 12.3 Å². The Bertz CT molecular complexity index is 506. The smallest absolute Gasteiger partial charge is 0.290 e. The summed E-state index contributed by atoms with van der Waals surface area (Å²) in [5.74, 6) is -0.237. The van der Waals surface area contributed by atoms with Gasteiger partial charge in [0.25, 0.3) is 5.69 Å². The normalized spacial score (nSPS) is 13.6. The Morgan fingerprint density at radius 2 is 2.20 bits per heavy atom. The van der Waals surface area contributed by atoms with Crippen molar-refractivity contribution in [1.29, 1.82) is 0 Å². The lowest BCUT2D eigenvalue weighted by atomic mass is 10.0. The van der Waals surface area contributed by atoms with Gasteiger partial charge in [0.1, 0.15) is 11.8 Å². The van der Waals surface area contributed by atoms with Gasteiger partial charge in [-0.2, -0.15) is 0 Å². The van der Waals surface area contributed by atoms with E-state index in [2.05, 4.69) is 10.3 Å². The maximum absolute atomic E-state index is 10.8. The number of nitrogens with zero attached hydrogens (tertiary/aromatic N) is 2. The summed E-state index contributed by atoms with van der Waals surface area (Å²) < 4.78 is 0. The van der Waals surface area contributed by atoms with E-state index in [-0.39, 0.29) is 35.8 Å². The first-order chi connectivity index (χ1) is 9.32. The molecule has 0 aromatic carbocycles. The third kappa shape index (κ3) is 4.25. The minimum atomic E-state index is -1.30. The molecular weight excluding hydrogens is 266 g/mol. The van der Waals surface area contributed by atoms with Crippen molar-refractivity contribution in [2.75, 3.05) is 6.54 Å². The van der Waals surface area contributed by atoms with Gasteiger partial charge >= 0.3 is 0 Å². The number of aliphatic hydroxyl groups is 2. The van der Waals surface area contributed by atoms with Crippen molar-refractivity contribution in [1.82, 2.24) is 10.3 Å². The minimum absolute atomic E-state index is 0.127. The molecule has 0 bridgehead atoms. The molecule has 8 nitrogen and oxygen atoms in total. The molecule has 1 aromatic heterocycles. The fraction of sp³-hybridized carbons (Fsp3) is 0.500. The summed E-state index contributed by atoms with van der Waals surface area (Å²) in [5, 5.41) is 33.0. The fourth-order valence-electron chi connectivity index (χ4n) is 1.66. The van der Waals surface area contributed by atoms with Crippen LogP contribution < -0.4 is 5.32 Å². The molecule has 0 radical (unpaired) electrons. The predicted octanol–water partition coefficient (Wildman–Crippen LogP) is 0.219. The van der Waals surface area contributed by atoms with Crippen LogP contribution in [-0.4, -0.2) is 38.7 Å². The van der Waals surface area contributed by atoms with Crippen LogP contribution in [0.25, 0.3) is 0 Å². The number of hydrogen-bond acceptors (Lipinski definition) is 6. The van der Waals surface area contributed by atoms with Crippen LogP contribution in [0.2, 0.25) is 0 Å².